The van der Waals surface area contributed by atoms with Gasteiger partial charge in [0.05, 0.1) is 0 Å². The van der Waals surface area contributed by atoms with Crippen LogP contribution in [0.3, 0.4) is 0 Å². The van der Waals surface area contributed by atoms with Gasteiger partial charge in [0, 0.05) is 23.8 Å². The molecule has 1 aromatic carbocycles. The first-order chi connectivity index (χ1) is 9.22. The standard InChI is InChI=1S/C16H20N2O/c17-13-4-3-11-5-6-18(15(11)9-13)16(19)14-8-10-1-2-12(14)7-10/h3-4,9-10,12,14H,1-2,5-8,17H2. The molecule has 2 saturated carbocycles. The number of amides is 1. The van der Waals surface area contributed by atoms with Gasteiger partial charge in [-0.25, -0.2) is 0 Å². The lowest BCUT2D eigenvalue weighted by Gasteiger charge is -2.27. The lowest BCUT2D eigenvalue weighted by Crippen LogP contribution is -2.37. The van der Waals surface area contributed by atoms with E-state index in [0.717, 1.165) is 36.7 Å². The molecule has 2 fully saturated rings. The van der Waals surface area contributed by atoms with Crippen molar-refractivity contribution in [2.75, 3.05) is 17.2 Å². The third-order valence-corrected chi connectivity index (χ3v) is 5.33. The number of benzene rings is 1. The van der Waals surface area contributed by atoms with Gasteiger partial charge in [0.2, 0.25) is 5.91 Å². The molecule has 1 heterocycles. The predicted molar refractivity (Wildman–Crippen MR) is 75.8 cm³/mol. The molecule has 1 aromatic rings. The van der Waals surface area contributed by atoms with Crippen LogP contribution in [0.15, 0.2) is 18.2 Å². The molecule has 2 bridgehead atoms. The molecule has 3 heteroatoms. The summed E-state index contributed by atoms with van der Waals surface area (Å²) in [6.45, 7) is 0.839. The number of nitrogens with zero attached hydrogens (tertiary/aromatic N) is 1. The van der Waals surface area contributed by atoms with Crippen LogP contribution in [-0.4, -0.2) is 12.5 Å². The predicted octanol–water partition coefficient (Wildman–Crippen LogP) is 2.59. The molecule has 100 valence electrons. The summed E-state index contributed by atoms with van der Waals surface area (Å²) >= 11 is 0. The minimum absolute atomic E-state index is 0.283. The number of carbonyl (C=O) groups is 1. The van der Waals surface area contributed by atoms with Crippen molar-refractivity contribution in [3.8, 4) is 0 Å². The fourth-order valence-electron chi connectivity index (χ4n) is 4.37. The number of carbonyl (C=O) groups excluding carboxylic acids is 1. The van der Waals surface area contributed by atoms with Crippen LogP contribution in [0.5, 0.6) is 0 Å². The summed E-state index contributed by atoms with van der Waals surface area (Å²) in [5, 5.41) is 0. The lowest BCUT2D eigenvalue weighted by molar-refractivity contribution is -0.123. The number of nitrogens with two attached hydrogens (primary N) is 1. The first-order valence-electron chi connectivity index (χ1n) is 7.42. The first-order valence-corrected chi connectivity index (χ1v) is 7.42. The molecule has 0 spiro atoms. The van der Waals surface area contributed by atoms with E-state index < -0.39 is 0 Å². The molecule has 3 atom stereocenters. The van der Waals surface area contributed by atoms with Gasteiger partial charge in [-0.2, -0.15) is 0 Å². The Morgan fingerprint density at radius 2 is 2.16 bits per heavy atom. The highest BCUT2D eigenvalue weighted by Gasteiger charge is 2.45. The summed E-state index contributed by atoms with van der Waals surface area (Å²) in [4.78, 5) is 14.8. The average Bonchev–Trinajstić information content (AvgIpc) is 3.11. The van der Waals surface area contributed by atoms with Crippen LogP contribution in [0.4, 0.5) is 11.4 Å². The molecule has 3 nitrogen and oxygen atoms in total. The molecule has 0 radical (unpaired) electrons. The van der Waals surface area contributed by atoms with Crippen molar-refractivity contribution in [2.24, 2.45) is 17.8 Å². The van der Waals surface area contributed by atoms with Crippen molar-refractivity contribution < 1.29 is 4.79 Å². The van der Waals surface area contributed by atoms with Gasteiger partial charge in [0.25, 0.3) is 0 Å². The van der Waals surface area contributed by atoms with Crippen LogP contribution >= 0.6 is 0 Å². The lowest BCUT2D eigenvalue weighted by atomic mass is 9.88. The zero-order chi connectivity index (χ0) is 13.0. The summed E-state index contributed by atoms with van der Waals surface area (Å²) in [5.41, 5.74) is 8.96. The summed E-state index contributed by atoms with van der Waals surface area (Å²) in [5.74, 6) is 2.12. The molecule has 0 saturated heterocycles. The maximum atomic E-state index is 12.8. The topological polar surface area (TPSA) is 46.3 Å². The number of anilines is 2. The molecular weight excluding hydrogens is 236 g/mol. The van der Waals surface area contributed by atoms with E-state index in [2.05, 4.69) is 6.07 Å². The Morgan fingerprint density at radius 1 is 1.26 bits per heavy atom. The second-order valence-corrected chi connectivity index (χ2v) is 6.41. The number of hydrogen-bond donors (Lipinski definition) is 1. The number of fused-ring (bicyclic) bond motifs is 3. The van der Waals surface area contributed by atoms with Gasteiger partial charge in [-0.05, 0) is 55.2 Å². The average molecular weight is 256 g/mol. The fraction of sp³-hybridized carbons (Fsp3) is 0.562. The van der Waals surface area contributed by atoms with Crippen LogP contribution in [0.2, 0.25) is 0 Å². The van der Waals surface area contributed by atoms with Gasteiger partial charge < -0.3 is 10.6 Å². The zero-order valence-electron chi connectivity index (χ0n) is 11.1. The minimum Gasteiger partial charge on any atom is -0.399 e. The van der Waals surface area contributed by atoms with E-state index in [9.17, 15) is 4.79 Å². The van der Waals surface area contributed by atoms with E-state index in [0.29, 0.717) is 11.8 Å². The number of rotatable bonds is 1. The third-order valence-electron chi connectivity index (χ3n) is 5.33. The van der Waals surface area contributed by atoms with Crippen LogP contribution in [0.25, 0.3) is 0 Å². The van der Waals surface area contributed by atoms with Crippen molar-refractivity contribution in [2.45, 2.75) is 32.1 Å². The molecule has 3 aliphatic rings. The van der Waals surface area contributed by atoms with Crippen LogP contribution in [-0.2, 0) is 11.2 Å². The molecule has 1 aliphatic heterocycles. The summed E-state index contributed by atoms with van der Waals surface area (Å²) in [7, 11) is 0. The van der Waals surface area contributed by atoms with Gasteiger partial charge in [-0.15, -0.1) is 0 Å². The summed E-state index contributed by atoms with van der Waals surface area (Å²) in [6.07, 6.45) is 5.99. The first kappa shape index (κ1) is 11.3. The largest absolute Gasteiger partial charge is 0.399 e. The SMILES string of the molecule is Nc1ccc2c(c1)N(C(=O)C1CC3CCC1C3)CC2. The summed E-state index contributed by atoms with van der Waals surface area (Å²) < 4.78 is 0. The van der Waals surface area contributed by atoms with Gasteiger partial charge >= 0.3 is 0 Å². The van der Waals surface area contributed by atoms with Gasteiger partial charge in [-0.3, -0.25) is 4.79 Å². The van der Waals surface area contributed by atoms with Gasteiger partial charge in [0.15, 0.2) is 0 Å². The van der Waals surface area contributed by atoms with Crippen LogP contribution in [0, 0.1) is 17.8 Å². The smallest absolute Gasteiger partial charge is 0.230 e. The van der Waals surface area contributed by atoms with E-state index in [1.165, 1.54) is 24.8 Å². The van der Waals surface area contributed by atoms with Crippen molar-refractivity contribution >= 4 is 17.3 Å². The van der Waals surface area contributed by atoms with Crippen LogP contribution in [0.1, 0.15) is 31.2 Å². The Kier molecular flexibility index (Phi) is 2.38. The highest BCUT2D eigenvalue weighted by atomic mass is 16.2. The Balaban J connectivity index is 1.61. The Labute approximate surface area is 113 Å². The highest BCUT2D eigenvalue weighted by molar-refractivity contribution is 5.97. The minimum atomic E-state index is 0.283. The van der Waals surface area contributed by atoms with Gasteiger partial charge in [0.1, 0.15) is 0 Å². The number of nitrogen functional groups attached to an aromatic ring is 1. The number of hydrogen-bond acceptors (Lipinski definition) is 2. The molecule has 4 rings (SSSR count). The maximum Gasteiger partial charge on any atom is 0.230 e. The molecule has 2 aliphatic carbocycles. The molecular formula is C16H20N2O. The summed E-state index contributed by atoms with van der Waals surface area (Å²) in [6, 6.07) is 5.97. The molecule has 2 N–H and O–H groups in total. The third kappa shape index (κ3) is 1.67. The zero-order valence-corrected chi connectivity index (χ0v) is 11.1. The highest BCUT2D eigenvalue weighted by Crippen LogP contribution is 2.49. The molecule has 3 unspecified atom stereocenters. The normalized spacial score (nSPS) is 31.8. The molecule has 19 heavy (non-hydrogen) atoms. The maximum absolute atomic E-state index is 12.8. The van der Waals surface area contributed by atoms with Crippen molar-refractivity contribution in [1.82, 2.24) is 0 Å². The van der Waals surface area contributed by atoms with Gasteiger partial charge in [-0.1, -0.05) is 12.5 Å². The van der Waals surface area contributed by atoms with E-state index >= 15 is 0 Å². The van der Waals surface area contributed by atoms with Crippen molar-refractivity contribution in [1.29, 1.82) is 0 Å². The Hall–Kier alpha value is -1.51. The van der Waals surface area contributed by atoms with E-state index in [-0.39, 0.29) is 5.92 Å². The van der Waals surface area contributed by atoms with E-state index in [1.807, 2.05) is 17.0 Å². The van der Waals surface area contributed by atoms with E-state index in [4.69, 9.17) is 5.73 Å². The van der Waals surface area contributed by atoms with E-state index in [1.54, 1.807) is 0 Å². The fourth-order valence-corrected chi connectivity index (χ4v) is 4.37. The quantitative estimate of drug-likeness (QED) is 0.785. The Morgan fingerprint density at radius 3 is 2.89 bits per heavy atom. The van der Waals surface area contributed by atoms with Crippen molar-refractivity contribution in [3.05, 3.63) is 23.8 Å². The van der Waals surface area contributed by atoms with Crippen molar-refractivity contribution in [3.63, 3.8) is 0 Å². The monoisotopic (exact) mass is 256 g/mol. The molecule has 0 aromatic heterocycles. The Bertz CT molecular complexity index is 540. The molecule has 1 amide bonds. The second-order valence-electron chi connectivity index (χ2n) is 6.41. The van der Waals surface area contributed by atoms with Crippen LogP contribution < -0.4 is 10.6 Å². The second kappa shape index (κ2) is 3.99.